The molecular weight excluding hydrogens is 312 g/mol. The first-order chi connectivity index (χ1) is 11.4. The summed E-state index contributed by atoms with van der Waals surface area (Å²) in [6.07, 6.45) is 5.34. The van der Waals surface area contributed by atoms with Crippen molar-refractivity contribution in [3.8, 4) is 0 Å². The monoisotopic (exact) mass is 340 g/mol. The van der Waals surface area contributed by atoms with Gasteiger partial charge >= 0.3 is 0 Å². The highest BCUT2D eigenvalue weighted by atomic mass is 32.2. The first kappa shape index (κ1) is 17.4. The molecule has 24 heavy (non-hydrogen) atoms. The maximum atomic E-state index is 2.62. The molecule has 0 bridgehead atoms. The minimum atomic E-state index is 0. The summed E-state index contributed by atoms with van der Waals surface area (Å²) in [5.74, 6) is 0. The summed E-state index contributed by atoms with van der Waals surface area (Å²) in [4.78, 5) is 7.90. The van der Waals surface area contributed by atoms with E-state index in [1.54, 1.807) is 0 Å². The molecule has 2 nitrogen and oxygen atoms in total. The molecule has 0 spiro atoms. The van der Waals surface area contributed by atoms with Gasteiger partial charge in [0.1, 0.15) is 0 Å². The van der Waals surface area contributed by atoms with Crippen LogP contribution in [0.1, 0.15) is 33.1 Å². The van der Waals surface area contributed by atoms with Gasteiger partial charge in [0.05, 0.1) is 11.4 Å². The van der Waals surface area contributed by atoms with Crippen LogP contribution in [0.15, 0.2) is 58.3 Å². The lowest BCUT2D eigenvalue weighted by Gasteiger charge is -2.33. The molecule has 0 unspecified atom stereocenters. The summed E-state index contributed by atoms with van der Waals surface area (Å²) in [6.45, 7) is 5.01. The Kier molecular flexibility index (Phi) is 5.85. The van der Waals surface area contributed by atoms with Crippen LogP contribution < -0.4 is 4.90 Å². The van der Waals surface area contributed by atoms with E-state index in [-0.39, 0.29) is 7.43 Å². The molecule has 2 aliphatic heterocycles. The van der Waals surface area contributed by atoms with Gasteiger partial charge in [0.2, 0.25) is 0 Å². The summed E-state index contributed by atoms with van der Waals surface area (Å²) in [6, 6.07) is 17.6. The molecule has 0 N–H and O–H groups in total. The molecule has 3 heteroatoms. The zero-order valence-electron chi connectivity index (χ0n) is 13.6. The van der Waals surface area contributed by atoms with Gasteiger partial charge in [0.25, 0.3) is 0 Å². The van der Waals surface area contributed by atoms with E-state index in [0.717, 1.165) is 6.54 Å². The van der Waals surface area contributed by atoms with Crippen molar-refractivity contribution < 1.29 is 0 Å². The fourth-order valence-electron chi connectivity index (χ4n) is 3.63. The quantitative estimate of drug-likeness (QED) is 0.635. The molecule has 0 atom stereocenters. The second-order valence-corrected chi connectivity index (χ2v) is 7.53. The second-order valence-electron chi connectivity index (χ2n) is 6.45. The fraction of sp³-hybridized carbons (Fsp3) is 0.429. The number of fused-ring (bicyclic) bond motifs is 2. The molecule has 0 aromatic heterocycles. The summed E-state index contributed by atoms with van der Waals surface area (Å²) < 4.78 is 0. The van der Waals surface area contributed by atoms with Gasteiger partial charge in [-0.2, -0.15) is 0 Å². The number of hydrogen-bond donors (Lipinski definition) is 0. The van der Waals surface area contributed by atoms with Crippen molar-refractivity contribution >= 4 is 23.1 Å². The van der Waals surface area contributed by atoms with E-state index >= 15 is 0 Å². The van der Waals surface area contributed by atoms with Crippen molar-refractivity contribution in [1.82, 2.24) is 4.90 Å². The number of nitrogens with zero attached hydrogens (tertiary/aromatic N) is 2. The van der Waals surface area contributed by atoms with Gasteiger partial charge in [-0.3, -0.25) is 0 Å². The Bertz CT molecular complexity index is 619. The van der Waals surface area contributed by atoms with Gasteiger partial charge in [-0.25, -0.2) is 0 Å². The number of likely N-dealkylation sites (tertiary alicyclic amines) is 1. The Morgan fingerprint density at radius 2 is 1.29 bits per heavy atom. The van der Waals surface area contributed by atoms with E-state index in [9.17, 15) is 0 Å². The average Bonchev–Trinajstić information content (AvgIpc) is 3.11. The number of unbranched alkanes of at least 4 members (excludes halogenated alkanes) is 1. The molecule has 2 heterocycles. The lowest BCUT2D eigenvalue weighted by molar-refractivity contribution is 0.331. The predicted octanol–water partition coefficient (Wildman–Crippen LogP) is 5.80. The van der Waals surface area contributed by atoms with Gasteiger partial charge in [0, 0.05) is 16.3 Å². The van der Waals surface area contributed by atoms with Crippen LogP contribution in [0, 0.1) is 0 Å². The third-order valence-electron chi connectivity index (χ3n) is 4.84. The third kappa shape index (κ3) is 3.62. The Morgan fingerprint density at radius 1 is 0.750 bits per heavy atom. The fourth-order valence-corrected chi connectivity index (χ4v) is 4.73. The highest BCUT2D eigenvalue weighted by Crippen LogP contribution is 2.47. The van der Waals surface area contributed by atoms with Crippen LogP contribution in [-0.2, 0) is 0 Å². The largest absolute Gasteiger partial charge is 0.340 e. The summed E-state index contributed by atoms with van der Waals surface area (Å²) >= 11 is 1.90. The Morgan fingerprint density at radius 3 is 1.92 bits per heavy atom. The van der Waals surface area contributed by atoms with E-state index < -0.39 is 0 Å². The van der Waals surface area contributed by atoms with Crippen LogP contribution in [0.4, 0.5) is 11.4 Å². The van der Waals surface area contributed by atoms with Gasteiger partial charge < -0.3 is 9.80 Å². The molecule has 128 valence electrons. The molecule has 1 fully saturated rings. The molecule has 2 aromatic rings. The number of para-hydroxylation sites is 2. The maximum Gasteiger partial charge on any atom is 0.0552 e. The predicted molar refractivity (Wildman–Crippen MR) is 106 cm³/mol. The number of benzene rings is 2. The maximum absolute atomic E-state index is 2.62. The number of anilines is 2. The summed E-state index contributed by atoms with van der Waals surface area (Å²) in [7, 11) is 0. The Labute approximate surface area is 150 Å². The Balaban J connectivity index is 0.00000169. The first-order valence-electron chi connectivity index (χ1n) is 8.78. The second kappa shape index (κ2) is 8.09. The van der Waals surface area contributed by atoms with Crippen LogP contribution >= 0.6 is 11.8 Å². The highest BCUT2D eigenvalue weighted by Gasteiger charge is 2.22. The molecule has 1 saturated heterocycles. The summed E-state index contributed by atoms with van der Waals surface area (Å²) in [5, 5.41) is 0. The minimum absolute atomic E-state index is 0. The molecule has 0 amide bonds. The lowest BCUT2D eigenvalue weighted by Crippen LogP contribution is -2.24. The smallest absolute Gasteiger partial charge is 0.0552 e. The topological polar surface area (TPSA) is 6.48 Å². The van der Waals surface area contributed by atoms with Gasteiger partial charge in [-0.15, -0.1) is 0 Å². The van der Waals surface area contributed by atoms with Crippen LogP contribution in [0.25, 0.3) is 0 Å². The van der Waals surface area contributed by atoms with E-state index in [4.69, 9.17) is 0 Å². The van der Waals surface area contributed by atoms with Crippen molar-refractivity contribution in [2.45, 2.75) is 42.9 Å². The molecule has 4 rings (SSSR count). The van der Waals surface area contributed by atoms with Crippen LogP contribution in [0.2, 0.25) is 0 Å². The molecule has 0 radical (unpaired) electrons. The van der Waals surface area contributed by atoms with Gasteiger partial charge in [-0.05, 0) is 69.6 Å². The van der Waals surface area contributed by atoms with Crippen LogP contribution in [0.5, 0.6) is 0 Å². The van der Waals surface area contributed by atoms with E-state index in [0.29, 0.717) is 0 Å². The Hall–Kier alpha value is -1.45. The van der Waals surface area contributed by atoms with E-state index in [1.807, 2.05) is 11.8 Å². The molecule has 2 aromatic carbocycles. The zero-order valence-corrected chi connectivity index (χ0v) is 14.4. The van der Waals surface area contributed by atoms with E-state index in [1.165, 1.54) is 66.5 Å². The minimum Gasteiger partial charge on any atom is -0.340 e. The highest BCUT2D eigenvalue weighted by molar-refractivity contribution is 7.99. The normalized spacial score (nSPS) is 16.4. The molecule has 0 saturated carbocycles. The van der Waals surface area contributed by atoms with Crippen molar-refractivity contribution in [2.75, 3.05) is 31.1 Å². The van der Waals surface area contributed by atoms with Crippen LogP contribution in [0.3, 0.4) is 0 Å². The molecule has 2 aliphatic rings. The van der Waals surface area contributed by atoms with Gasteiger partial charge in [-0.1, -0.05) is 43.5 Å². The van der Waals surface area contributed by atoms with Gasteiger partial charge in [0.15, 0.2) is 0 Å². The third-order valence-corrected chi connectivity index (χ3v) is 5.97. The molecular formula is C21H28N2S. The average molecular weight is 341 g/mol. The summed E-state index contributed by atoms with van der Waals surface area (Å²) in [5.41, 5.74) is 2.75. The van der Waals surface area contributed by atoms with E-state index in [2.05, 4.69) is 58.3 Å². The first-order valence-corrected chi connectivity index (χ1v) is 9.59. The van der Waals surface area contributed by atoms with Crippen molar-refractivity contribution in [3.05, 3.63) is 48.5 Å². The SMILES string of the molecule is C.c1ccc2c(c1)Sc1ccccc1N2CCCCN1CCCC1. The van der Waals surface area contributed by atoms with Crippen molar-refractivity contribution in [1.29, 1.82) is 0 Å². The zero-order chi connectivity index (χ0) is 15.5. The number of rotatable bonds is 5. The van der Waals surface area contributed by atoms with Crippen molar-refractivity contribution in [3.63, 3.8) is 0 Å². The van der Waals surface area contributed by atoms with Crippen LogP contribution in [-0.4, -0.2) is 31.1 Å². The molecule has 0 aliphatic carbocycles. The standard InChI is InChI=1S/C20H24N2S.CH4/c1-3-11-19-17(9-1)22(18-10-2-4-12-20(18)23-19)16-8-7-15-21-13-5-6-14-21;/h1-4,9-12H,5-8,13-16H2;1H4. The number of hydrogen-bond acceptors (Lipinski definition) is 3. The van der Waals surface area contributed by atoms with Crippen molar-refractivity contribution in [2.24, 2.45) is 0 Å². The lowest BCUT2D eigenvalue weighted by atomic mass is 10.2.